The van der Waals surface area contributed by atoms with Crippen molar-refractivity contribution in [3.05, 3.63) is 0 Å². The molecule has 0 aromatic carbocycles. The van der Waals surface area contributed by atoms with E-state index >= 15 is 0 Å². The van der Waals surface area contributed by atoms with Gasteiger partial charge in [0.2, 0.25) is 0 Å². The van der Waals surface area contributed by atoms with Gasteiger partial charge in [0, 0.05) is 39.5 Å². The fourth-order valence-corrected chi connectivity index (χ4v) is 8.56. The van der Waals surface area contributed by atoms with Crippen LogP contribution in [0.4, 0.5) is 0 Å². The zero-order chi connectivity index (χ0) is 24.5. The molecule has 0 N–H and O–H groups in total. The molecule has 0 rings (SSSR count). The molecule has 0 spiro atoms. The molecular formula is C25H58O4Si2. The van der Waals surface area contributed by atoms with Gasteiger partial charge in [-0.25, -0.2) is 0 Å². The average Bonchev–Trinajstić information content (AvgIpc) is 2.69. The second kappa shape index (κ2) is 18.7. The normalized spacial score (nSPS) is 14.5. The molecule has 0 heterocycles. The van der Waals surface area contributed by atoms with Crippen LogP contribution in [-0.2, 0) is 17.7 Å². The largest absolute Gasteiger partial charge is 0.400 e. The first-order valence-electron chi connectivity index (χ1n) is 12.6. The van der Waals surface area contributed by atoms with Gasteiger partial charge in [-0.15, -0.1) is 0 Å². The third kappa shape index (κ3) is 15.7. The van der Waals surface area contributed by atoms with E-state index in [0.29, 0.717) is 21.9 Å². The highest BCUT2D eigenvalue weighted by Crippen LogP contribution is 2.39. The number of rotatable bonds is 15. The molecule has 4 nitrogen and oxygen atoms in total. The van der Waals surface area contributed by atoms with E-state index in [1.807, 2.05) is 0 Å². The minimum absolute atomic E-state index is 0.301. The Morgan fingerprint density at radius 2 is 0.806 bits per heavy atom. The Labute approximate surface area is 199 Å². The fraction of sp³-hybridized carbons (Fsp3) is 1.00. The Balaban J connectivity index is 0. The molecular weight excluding hydrogens is 420 g/mol. The van der Waals surface area contributed by atoms with E-state index in [1.165, 1.54) is 57.8 Å². The summed E-state index contributed by atoms with van der Waals surface area (Å²) in [4.78, 5) is 0. The molecule has 0 aliphatic heterocycles. The molecule has 0 aliphatic rings. The van der Waals surface area contributed by atoms with Crippen molar-refractivity contribution >= 4 is 18.6 Å². The molecule has 2 atom stereocenters. The summed E-state index contributed by atoms with van der Waals surface area (Å²) >= 11 is 0. The van der Waals surface area contributed by atoms with Gasteiger partial charge in [-0.3, -0.25) is 0 Å². The molecule has 0 aliphatic carbocycles. The first-order chi connectivity index (χ1) is 14.4. The van der Waals surface area contributed by atoms with Crippen molar-refractivity contribution in [3.8, 4) is 0 Å². The molecule has 0 aromatic rings. The highest BCUT2D eigenvalue weighted by atomic mass is 28.3. The molecule has 0 saturated heterocycles. The van der Waals surface area contributed by atoms with Gasteiger partial charge in [0.15, 0.2) is 0 Å². The van der Waals surface area contributed by atoms with Crippen LogP contribution in [0.1, 0.15) is 113 Å². The maximum absolute atomic E-state index is 5.56. The van der Waals surface area contributed by atoms with E-state index in [9.17, 15) is 0 Å². The van der Waals surface area contributed by atoms with Gasteiger partial charge in [-0.05, 0) is 23.7 Å². The second-order valence-electron chi connectivity index (χ2n) is 11.0. The van der Waals surface area contributed by atoms with E-state index in [0.717, 1.165) is 0 Å². The van der Waals surface area contributed by atoms with Crippen molar-refractivity contribution in [2.75, 3.05) is 28.4 Å². The Morgan fingerprint density at radius 3 is 1.06 bits per heavy atom. The molecule has 0 fully saturated rings. The first kappa shape index (κ1) is 33.4. The first-order valence-corrected chi connectivity index (χ1v) is 15.8. The van der Waals surface area contributed by atoms with Crippen LogP contribution in [0.5, 0.6) is 0 Å². The Bertz CT molecular complexity index is 386. The van der Waals surface area contributed by atoms with Gasteiger partial charge < -0.3 is 17.7 Å². The predicted molar refractivity (Wildman–Crippen MR) is 142 cm³/mol. The maximum Gasteiger partial charge on any atom is 0.324 e. The zero-order valence-corrected chi connectivity index (χ0v) is 25.6. The topological polar surface area (TPSA) is 36.9 Å². The monoisotopic (exact) mass is 478 g/mol. The van der Waals surface area contributed by atoms with Crippen LogP contribution >= 0.6 is 0 Å². The summed E-state index contributed by atoms with van der Waals surface area (Å²) in [5.41, 5.74) is 1.82. The fourth-order valence-electron chi connectivity index (χ4n) is 4.21. The summed E-state index contributed by atoms with van der Waals surface area (Å²) in [6.45, 7) is 18.3. The van der Waals surface area contributed by atoms with Crippen molar-refractivity contribution in [2.24, 2.45) is 10.8 Å². The van der Waals surface area contributed by atoms with E-state index < -0.39 is 18.6 Å². The van der Waals surface area contributed by atoms with E-state index in [-0.39, 0.29) is 0 Å². The van der Waals surface area contributed by atoms with E-state index in [2.05, 4.69) is 55.4 Å². The van der Waals surface area contributed by atoms with Crippen LogP contribution in [0.25, 0.3) is 0 Å². The molecule has 190 valence electrons. The Kier molecular flexibility index (Phi) is 20.1. The molecule has 0 radical (unpaired) electrons. The van der Waals surface area contributed by atoms with Gasteiger partial charge >= 0.3 is 18.6 Å². The summed E-state index contributed by atoms with van der Waals surface area (Å²) in [6, 6.07) is 0. The van der Waals surface area contributed by atoms with Crippen LogP contribution in [0.2, 0.25) is 11.1 Å². The molecule has 2 unspecified atom stereocenters. The van der Waals surface area contributed by atoms with Crippen LogP contribution in [0.3, 0.4) is 0 Å². The van der Waals surface area contributed by atoms with E-state index in [1.54, 1.807) is 28.4 Å². The predicted octanol–water partition coefficient (Wildman–Crippen LogP) is 7.38. The molecule has 6 heteroatoms. The molecule has 0 amide bonds. The maximum atomic E-state index is 5.56. The SMILES string of the molecule is CCCCCC([SiH](OC)OC)C(C)(C)C.CCCCCCC([SiH](OC)OC)C(C)(C)C. The zero-order valence-electron chi connectivity index (χ0n) is 23.3. The lowest BCUT2D eigenvalue weighted by Gasteiger charge is -2.34. The quantitative estimate of drug-likeness (QED) is 0.182. The van der Waals surface area contributed by atoms with Crippen LogP contribution in [-0.4, -0.2) is 47.0 Å². The Hall–Kier alpha value is 0.274. The van der Waals surface area contributed by atoms with Crippen molar-refractivity contribution in [3.63, 3.8) is 0 Å². The summed E-state index contributed by atoms with van der Waals surface area (Å²) < 4.78 is 22.2. The number of hydrogen-bond acceptors (Lipinski definition) is 4. The van der Waals surface area contributed by atoms with Crippen molar-refractivity contribution in [1.29, 1.82) is 0 Å². The van der Waals surface area contributed by atoms with Crippen LogP contribution in [0.15, 0.2) is 0 Å². The lowest BCUT2D eigenvalue weighted by Crippen LogP contribution is -2.34. The average molecular weight is 479 g/mol. The number of hydrogen-bond donors (Lipinski definition) is 0. The summed E-state index contributed by atoms with van der Waals surface area (Å²) in [6.07, 6.45) is 11.7. The van der Waals surface area contributed by atoms with Crippen molar-refractivity contribution in [2.45, 2.75) is 124 Å². The lowest BCUT2D eigenvalue weighted by molar-refractivity contribution is 0.220. The third-order valence-corrected chi connectivity index (χ3v) is 12.1. The summed E-state index contributed by atoms with van der Waals surface area (Å²) in [7, 11) is 4.22. The molecule has 0 bridgehead atoms. The second-order valence-corrected chi connectivity index (χ2v) is 15.9. The number of unbranched alkanes of at least 4 members (excludes halogenated alkanes) is 5. The highest BCUT2D eigenvalue weighted by molar-refractivity contribution is 6.46. The standard InChI is InChI=1S/C13H30O2Si.C12H28O2Si/c1-7-8-9-10-11-12(13(2,3)4)16(14-5)15-6;1-7-8-9-10-11(12(2,3)4)15(13-5)14-6/h12,16H,7-11H2,1-6H3;11,15H,7-10H2,1-6H3. The molecule has 0 aromatic heterocycles. The smallest absolute Gasteiger partial charge is 0.324 e. The van der Waals surface area contributed by atoms with Gasteiger partial charge in [-0.1, -0.05) is 100 Å². The minimum atomic E-state index is -1.48. The lowest BCUT2D eigenvalue weighted by atomic mass is 9.88. The van der Waals surface area contributed by atoms with E-state index in [4.69, 9.17) is 17.7 Å². The van der Waals surface area contributed by atoms with Crippen LogP contribution < -0.4 is 0 Å². The molecule has 31 heavy (non-hydrogen) atoms. The molecule has 0 saturated carbocycles. The summed E-state index contributed by atoms with van der Waals surface area (Å²) in [5.74, 6) is 0. The van der Waals surface area contributed by atoms with Gasteiger partial charge in [0.1, 0.15) is 0 Å². The minimum Gasteiger partial charge on any atom is -0.400 e. The van der Waals surface area contributed by atoms with Gasteiger partial charge in [0.05, 0.1) is 0 Å². The highest BCUT2D eigenvalue weighted by Gasteiger charge is 2.35. The van der Waals surface area contributed by atoms with Gasteiger partial charge in [-0.2, -0.15) is 0 Å². The van der Waals surface area contributed by atoms with Gasteiger partial charge in [0.25, 0.3) is 0 Å². The summed E-state index contributed by atoms with van der Waals surface area (Å²) in [5, 5.41) is 0. The van der Waals surface area contributed by atoms with Crippen molar-refractivity contribution < 1.29 is 17.7 Å². The third-order valence-electron chi connectivity index (χ3n) is 6.30. The van der Waals surface area contributed by atoms with Crippen LogP contribution in [0, 0.1) is 10.8 Å². The Morgan fingerprint density at radius 1 is 0.516 bits per heavy atom. The van der Waals surface area contributed by atoms with Crippen molar-refractivity contribution in [1.82, 2.24) is 0 Å².